The molecule has 0 aliphatic rings. The van der Waals surface area contributed by atoms with Gasteiger partial charge < -0.3 is 4.98 Å². The zero-order valence-corrected chi connectivity index (χ0v) is 14.5. The lowest BCUT2D eigenvalue weighted by atomic mass is 10.1. The third-order valence-corrected chi connectivity index (χ3v) is 4.68. The van der Waals surface area contributed by atoms with E-state index in [0.29, 0.717) is 33.3 Å². The van der Waals surface area contributed by atoms with Crippen LogP contribution >= 0.6 is 23.2 Å². The van der Waals surface area contributed by atoms with Gasteiger partial charge in [-0.2, -0.15) is 5.10 Å². The van der Waals surface area contributed by atoms with Crippen LogP contribution in [-0.4, -0.2) is 20.2 Å². The minimum Gasteiger partial charge on any atom is -0.308 e. The SMILES string of the molecule is Cc1ccc(Cl)c(Cl)c1Cc1nc2c(C(C)C)[nH]nc2c(=O)[nH]1. The van der Waals surface area contributed by atoms with Gasteiger partial charge in [0.05, 0.1) is 15.7 Å². The normalized spacial score (nSPS) is 11.6. The first kappa shape index (κ1) is 16.0. The molecule has 3 rings (SSSR count). The predicted octanol–water partition coefficient (Wildman–Crippen LogP) is 3.98. The molecule has 0 amide bonds. The quantitative estimate of drug-likeness (QED) is 0.750. The molecule has 0 saturated carbocycles. The summed E-state index contributed by atoms with van der Waals surface area (Å²) in [5.74, 6) is 0.733. The number of rotatable bonds is 3. The van der Waals surface area contributed by atoms with Gasteiger partial charge in [-0.3, -0.25) is 9.89 Å². The molecule has 0 unspecified atom stereocenters. The minimum absolute atomic E-state index is 0.193. The molecule has 7 heteroatoms. The highest BCUT2D eigenvalue weighted by molar-refractivity contribution is 6.42. The number of fused-ring (bicyclic) bond motifs is 1. The Hall–Kier alpha value is -1.85. The first-order valence-electron chi connectivity index (χ1n) is 7.29. The Kier molecular flexibility index (Phi) is 4.17. The van der Waals surface area contributed by atoms with Gasteiger partial charge in [0.15, 0.2) is 5.52 Å². The zero-order chi connectivity index (χ0) is 16.7. The van der Waals surface area contributed by atoms with E-state index in [1.54, 1.807) is 6.07 Å². The topological polar surface area (TPSA) is 74.4 Å². The molecule has 5 nitrogen and oxygen atoms in total. The average molecular weight is 351 g/mol. The van der Waals surface area contributed by atoms with E-state index in [0.717, 1.165) is 16.8 Å². The minimum atomic E-state index is -0.260. The monoisotopic (exact) mass is 350 g/mol. The fraction of sp³-hybridized carbons (Fsp3) is 0.312. The fourth-order valence-electron chi connectivity index (χ4n) is 2.53. The van der Waals surface area contributed by atoms with E-state index < -0.39 is 0 Å². The van der Waals surface area contributed by atoms with Gasteiger partial charge in [-0.15, -0.1) is 0 Å². The van der Waals surface area contributed by atoms with Crippen molar-refractivity contribution in [3.8, 4) is 0 Å². The maximum atomic E-state index is 12.2. The molecule has 0 fully saturated rings. The van der Waals surface area contributed by atoms with Gasteiger partial charge in [0, 0.05) is 6.42 Å². The Labute approximate surface area is 143 Å². The average Bonchev–Trinajstić information content (AvgIpc) is 2.92. The molecule has 2 heterocycles. The molecule has 0 radical (unpaired) electrons. The molecule has 120 valence electrons. The number of aromatic amines is 2. The van der Waals surface area contributed by atoms with Crippen molar-refractivity contribution in [2.24, 2.45) is 0 Å². The molecular weight excluding hydrogens is 335 g/mol. The second-order valence-electron chi connectivity index (χ2n) is 5.84. The molecule has 3 aromatic rings. The fourth-order valence-corrected chi connectivity index (χ4v) is 2.99. The number of H-pyrrole nitrogens is 2. The van der Waals surface area contributed by atoms with E-state index in [9.17, 15) is 4.79 Å². The molecule has 23 heavy (non-hydrogen) atoms. The van der Waals surface area contributed by atoms with E-state index >= 15 is 0 Å². The third kappa shape index (κ3) is 2.86. The van der Waals surface area contributed by atoms with Gasteiger partial charge in [0.25, 0.3) is 5.56 Å². The largest absolute Gasteiger partial charge is 0.308 e. The van der Waals surface area contributed by atoms with Crippen molar-refractivity contribution in [2.45, 2.75) is 33.1 Å². The molecule has 0 atom stereocenters. The van der Waals surface area contributed by atoms with Gasteiger partial charge in [0.2, 0.25) is 0 Å². The summed E-state index contributed by atoms with van der Waals surface area (Å²) < 4.78 is 0. The summed E-state index contributed by atoms with van der Waals surface area (Å²) in [5, 5.41) is 7.93. The number of benzene rings is 1. The maximum absolute atomic E-state index is 12.2. The second kappa shape index (κ2) is 5.98. The van der Waals surface area contributed by atoms with Crippen molar-refractivity contribution in [3.05, 3.63) is 55.2 Å². The second-order valence-corrected chi connectivity index (χ2v) is 6.62. The summed E-state index contributed by atoms with van der Waals surface area (Å²) in [6, 6.07) is 3.66. The van der Waals surface area contributed by atoms with Gasteiger partial charge in [0.1, 0.15) is 11.3 Å². The summed E-state index contributed by atoms with van der Waals surface area (Å²) >= 11 is 12.4. The highest BCUT2D eigenvalue weighted by Crippen LogP contribution is 2.29. The van der Waals surface area contributed by atoms with Gasteiger partial charge in [-0.25, -0.2) is 4.98 Å². The van der Waals surface area contributed by atoms with E-state index in [4.69, 9.17) is 23.2 Å². The van der Waals surface area contributed by atoms with Crippen LogP contribution in [0.3, 0.4) is 0 Å². The lowest BCUT2D eigenvalue weighted by molar-refractivity contribution is 0.814. The number of halogens is 2. The van der Waals surface area contributed by atoms with Crippen LogP contribution in [0.1, 0.15) is 42.4 Å². The van der Waals surface area contributed by atoms with E-state index in [-0.39, 0.29) is 11.5 Å². The summed E-state index contributed by atoms with van der Waals surface area (Å²) in [4.78, 5) is 19.6. The lowest BCUT2D eigenvalue weighted by Crippen LogP contribution is -2.13. The zero-order valence-electron chi connectivity index (χ0n) is 13.0. The Balaban J connectivity index is 2.13. The van der Waals surface area contributed by atoms with Crippen LogP contribution in [0.25, 0.3) is 11.0 Å². The highest BCUT2D eigenvalue weighted by atomic mass is 35.5. The van der Waals surface area contributed by atoms with Crippen LogP contribution in [0.15, 0.2) is 16.9 Å². The molecule has 0 spiro atoms. The summed E-state index contributed by atoms with van der Waals surface area (Å²) in [5.41, 5.74) is 3.38. The van der Waals surface area contributed by atoms with Crippen LogP contribution in [0.5, 0.6) is 0 Å². The molecule has 2 N–H and O–H groups in total. The highest BCUT2D eigenvalue weighted by Gasteiger charge is 2.16. The Morgan fingerprint density at radius 3 is 2.65 bits per heavy atom. The van der Waals surface area contributed by atoms with Crippen molar-refractivity contribution in [3.63, 3.8) is 0 Å². The van der Waals surface area contributed by atoms with E-state index in [2.05, 4.69) is 20.2 Å². The number of nitrogens with zero attached hydrogens (tertiary/aromatic N) is 2. The summed E-state index contributed by atoms with van der Waals surface area (Å²) in [7, 11) is 0. The van der Waals surface area contributed by atoms with Crippen LogP contribution in [0.4, 0.5) is 0 Å². The Morgan fingerprint density at radius 1 is 1.22 bits per heavy atom. The van der Waals surface area contributed by atoms with Crippen LogP contribution in [0, 0.1) is 6.92 Å². The van der Waals surface area contributed by atoms with Gasteiger partial charge in [-0.05, 0) is 30.0 Å². The first-order valence-corrected chi connectivity index (χ1v) is 8.04. The maximum Gasteiger partial charge on any atom is 0.279 e. The molecule has 1 aromatic carbocycles. The van der Waals surface area contributed by atoms with Crippen molar-refractivity contribution in [1.29, 1.82) is 0 Å². The number of hydrogen-bond acceptors (Lipinski definition) is 3. The third-order valence-electron chi connectivity index (χ3n) is 3.84. The van der Waals surface area contributed by atoms with E-state index in [1.807, 2.05) is 26.8 Å². The molecule has 0 aliphatic carbocycles. The van der Waals surface area contributed by atoms with Crippen molar-refractivity contribution in [2.75, 3.05) is 0 Å². The molecule has 0 saturated heterocycles. The standard InChI is InChI=1S/C16H16Cl2N4O/c1-7(2)13-14-15(22-21-13)16(23)20-11(19-14)6-9-8(3)4-5-10(17)12(9)18/h4-5,7H,6H2,1-3H3,(H,21,22)(H,19,20,23). The summed E-state index contributed by atoms with van der Waals surface area (Å²) in [6.07, 6.45) is 0.402. The number of hydrogen-bond donors (Lipinski definition) is 2. The van der Waals surface area contributed by atoms with Crippen LogP contribution in [0.2, 0.25) is 10.0 Å². The predicted molar refractivity (Wildman–Crippen MR) is 92.6 cm³/mol. The van der Waals surface area contributed by atoms with Crippen molar-refractivity contribution >= 4 is 34.2 Å². The molecular formula is C16H16Cl2N4O. The smallest absolute Gasteiger partial charge is 0.279 e. The molecule has 2 aromatic heterocycles. The van der Waals surface area contributed by atoms with E-state index in [1.165, 1.54) is 0 Å². The van der Waals surface area contributed by atoms with Crippen LogP contribution < -0.4 is 5.56 Å². The van der Waals surface area contributed by atoms with Gasteiger partial charge in [-0.1, -0.05) is 43.1 Å². The molecule has 0 bridgehead atoms. The van der Waals surface area contributed by atoms with Gasteiger partial charge >= 0.3 is 0 Å². The molecule has 0 aliphatic heterocycles. The number of aryl methyl sites for hydroxylation is 1. The number of nitrogens with one attached hydrogen (secondary N) is 2. The first-order chi connectivity index (χ1) is 10.9. The summed E-state index contributed by atoms with van der Waals surface area (Å²) in [6.45, 7) is 5.99. The number of aromatic nitrogens is 4. The Bertz CT molecular complexity index is 943. The van der Waals surface area contributed by atoms with Crippen molar-refractivity contribution < 1.29 is 0 Å². The Morgan fingerprint density at radius 2 is 1.96 bits per heavy atom. The van der Waals surface area contributed by atoms with Crippen molar-refractivity contribution in [1.82, 2.24) is 20.2 Å². The van der Waals surface area contributed by atoms with Crippen LogP contribution in [-0.2, 0) is 6.42 Å². The lowest BCUT2D eigenvalue weighted by Gasteiger charge is -2.09.